The summed E-state index contributed by atoms with van der Waals surface area (Å²) in [4.78, 5) is 15.5. The van der Waals surface area contributed by atoms with Gasteiger partial charge in [0.15, 0.2) is 5.96 Å². The van der Waals surface area contributed by atoms with Crippen LogP contribution in [0.3, 0.4) is 0 Å². The highest BCUT2D eigenvalue weighted by Crippen LogP contribution is 2.25. The zero-order chi connectivity index (χ0) is 19.3. The number of aliphatic imine (C=N–C) groups is 1. The highest BCUT2D eigenvalue weighted by atomic mass is 127. The van der Waals surface area contributed by atoms with E-state index in [9.17, 15) is 0 Å². The van der Waals surface area contributed by atoms with E-state index in [0.29, 0.717) is 11.6 Å². The lowest BCUT2D eigenvalue weighted by atomic mass is 10.1. The molecule has 1 unspecified atom stereocenters. The molecule has 2 aromatic heterocycles. The first-order valence-electron chi connectivity index (χ1n) is 9.40. The van der Waals surface area contributed by atoms with E-state index >= 15 is 0 Å². The fourth-order valence-corrected chi connectivity index (χ4v) is 3.80. The van der Waals surface area contributed by atoms with E-state index in [1.54, 1.807) is 13.2 Å². The molecule has 3 aromatic rings. The number of aromatic nitrogens is 2. The number of fused-ring (bicyclic) bond motifs is 1. The summed E-state index contributed by atoms with van der Waals surface area (Å²) in [7, 11) is 1.79. The Bertz CT molecular complexity index is 990. The van der Waals surface area contributed by atoms with Crippen LogP contribution in [0.4, 0.5) is 5.82 Å². The van der Waals surface area contributed by atoms with Gasteiger partial charge in [-0.05, 0) is 30.0 Å². The number of rotatable bonds is 4. The molecule has 6 nitrogen and oxygen atoms in total. The number of nitrogens with zero attached hydrogens (tertiary/aromatic N) is 4. The average molecular weight is 523 g/mol. The van der Waals surface area contributed by atoms with Crippen molar-refractivity contribution in [1.29, 1.82) is 0 Å². The van der Waals surface area contributed by atoms with Crippen molar-refractivity contribution in [1.82, 2.24) is 20.6 Å². The van der Waals surface area contributed by atoms with Gasteiger partial charge < -0.3 is 15.5 Å². The first kappa shape index (κ1) is 21.6. The van der Waals surface area contributed by atoms with E-state index in [4.69, 9.17) is 11.6 Å². The summed E-state index contributed by atoms with van der Waals surface area (Å²) < 4.78 is 0. The smallest absolute Gasteiger partial charge is 0.191 e. The molecule has 0 amide bonds. The molecule has 8 heteroatoms. The van der Waals surface area contributed by atoms with E-state index < -0.39 is 0 Å². The van der Waals surface area contributed by atoms with Crippen LogP contribution in [-0.4, -0.2) is 42.1 Å². The summed E-state index contributed by atoms with van der Waals surface area (Å²) in [6, 6.07) is 14.3. The quantitative estimate of drug-likeness (QED) is 0.310. The van der Waals surface area contributed by atoms with Crippen molar-refractivity contribution in [3.63, 3.8) is 0 Å². The van der Waals surface area contributed by atoms with Crippen molar-refractivity contribution in [3.05, 3.63) is 65.6 Å². The van der Waals surface area contributed by atoms with Crippen molar-refractivity contribution in [2.45, 2.75) is 19.0 Å². The number of anilines is 1. The van der Waals surface area contributed by atoms with Crippen molar-refractivity contribution in [3.8, 4) is 0 Å². The maximum atomic E-state index is 6.28. The van der Waals surface area contributed by atoms with Gasteiger partial charge in [-0.3, -0.25) is 9.98 Å². The number of benzene rings is 1. The molecule has 1 aromatic carbocycles. The van der Waals surface area contributed by atoms with Crippen LogP contribution in [0, 0.1) is 0 Å². The van der Waals surface area contributed by atoms with Crippen LogP contribution in [0.2, 0.25) is 5.02 Å². The maximum Gasteiger partial charge on any atom is 0.191 e. The summed E-state index contributed by atoms with van der Waals surface area (Å²) in [6.45, 7) is 2.36. The Kier molecular flexibility index (Phi) is 7.49. The fraction of sp³-hybridized carbons (Fsp3) is 0.286. The van der Waals surface area contributed by atoms with Crippen LogP contribution in [0.15, 0.2) is 59.9 Å². The predicted octanol–water partition coefficient (Wildman–Crippen LogP) is 3.85. The van der Waals surface area contributed by atoms with E-state index in [0.717, 1.165) is 42.4 Å². The third-order valence-electron chi connectivity index (χ3n) is 4.97. The molecule has 0 saturated carbocycles. The Hall–Kier alpha value is -2.13. The first-order chi connectivity index (χ1) is 13.7. The molecule has 152 valence electrons. The van der Waals surface area contributed by atoms with Gasteiger partial charge in [-0.2, -0.15) is 0 Å². The Morgan fingerprint density at radius 3 is 2.86 bits per heavy atom. The second-order valence-electron chi connectivity index (χ2n) is 6.79. The summed E-state index contributed by atoms with van der Waals surface area (Å²) in [5.74, 6) is 1.62. The Balaban J connectivity index is 0.00000240. The molecule has 1 atom stereocenters. The summed E-state index contributed by atoms with van der Waals surface area (Å²) >= 11 is 6.28. The van der Waals surface area contributed by atoms with E-state index in [1.165, 1.54) is 5.39 Å². The molecule has 1 saturated heterocycles. The molecule has 1 aliphatic heterocycles. The van der Waals surface area contributed by atoms with Crippen molar-refractivity contribution in [2.24, 2.45) is 4.99 Å². The molecular weight excluding hydrogens is 499 g/mol. The standard InChI is InChI=1S/C21H23ClN6.HI/c1-23-21(26-13-19-17-6-3-2-5-15(17)8-11-24-19)27-16-9-12-28(14-16)20-18(22)7-4-10-25-20;/h2-8,10-11,16H,9,12-14H2,1H3,(H2,23,26,27);1H. The topological polar surface area (TPSA) is 65.4 Å². The number of hydrogen-bond donors (Lipinski definition) is 2. The van der Waals surface area contributed by atoms with Gasteiger partial charge in [-0.25, -0.2) is 4.98 Å². The number of halogens is 2. The van der Waals surface area contributed by atoms with Crippen LogP contribution in [-0.2, 0) is 6.54 Å². The molecule has 0 bridgehead atoms. The van der Waals surface area contributed by atoms with Crippen LogP contribution >= 0.6 is 35.6 Å². The molecule has 0 spiro atoms. The minimum absolute atomic E-state index is 0. The highest BCUT2D eigenvalue weighted by molar-refractivity contribution is 14.0. The molecule has 2 N–H and O–H groups in total. The molecule has 3 heterocycles. The second kappa shape index (κ2) is 10.1. The molecule has 0 radical (unpaired) electrons. The lowest BCUT2D eigenvalue weighted by Crippen LogP contribution is -2.44. The minimum atomic E-state index is 0. The minimum Gasteiger partial charge on any atom is -0.353 e. The number of pyridine rings is 2. The lowest BCUT2D eigenvalue weighted by molar-refractivity contribution is 0.647. The van der Waals surface area contributed by atoms with Gasteiger partial charge in [0.05, 0.1) is 17.3 Å². The van der Waals surface area contributed by atoms with Crippen molar-refractivity contribution in [2.75, 3.05) is 25.0 Å². The third kappa shape index (κ3) is 5.08. The summed E-state index contributed by atoms with van der Waals surface area (Å²) in [5.41, 5.74) is 1.01. The van der Waals surface area contributed by atoms with Gasteiger partial charge >= 0.3 is 0 Å². The molecule has 0 aliphatic carbocycles. The van der Waals surface area contributed by atoms with E-state index in [1.807, 2.05) is 36.5 Å². The van der Waals surface area contributed by atoms with Gasteiger partial charge in [0.2, 0.25) is 0 Å². The second-order valence-corrected chi connectivity index (χ2v) is 7.20. The fourth-order valence-electron chi connectivity index (χ4n) is 3.56. The van der Waals surface area contributed by atoms with Crippen LogP contribution in [0.25, 0.3) is 10.8 Å². The highest BCUT2D eigenvalue weighted by Gasteiger charge is 2.25. The van der Waals surface area contributed by atoms with Gasteiger partial charge in [0, 0.05) is 44.0 Å². The van der Waals surface area contributed by atoms with Crippen LogP contribution in [0.5, 0.6) is 0 Å². The average Bonchev–Trinajstić information content (AvgIpc) is 3.19. The predicted molar refractivity (Wildman–Crippen MR) is 130 cm³/mol. The summed E-state index contributed by atoms with van der Waals surface area (Å²) in [5, 5.41) is 9.92. The molecule has 4 rings (SSSR count). The van der Waals surface area contributed by atoms with Gasteiger partial charge in [0.25, 0.3) is 0 Å². The molecule has 29 heavy (non-hydrogen) atoms. The lowest BCUT2D eigenvalue weighted by Gasteiger charge is -2.20. The third-order valence-corrected chi connectivity index (χ3v) is 5.27. The maximum absolute atomic E-state index is 6.28. The zero-order valence-electron chi connectivity index (χ0n) is 16.2. The molecular formula is C21H24ClIN6. The van der Waals surface area contributed by atoms with Crippen molar-refractivity contribution >= 4 is 58.1 Å². The van der Waals surface area contributed by atoms with Crippen LogP contribution < -0.4 is 15.5 Å². The molecule has 1 fully saturated rings. The van der Waals surface area contributed by atoms with Gasteiger partial charge in [0.1, 0.15) is 5.82 Å². The monoisotopic (exact) mass is 522 g/mol. The SMILES string of the molecule is CN=C(NCc1nccc2ccccc12)NC1CCN(c2ncccc2Cl)C1.I. The molecule has 1 aliphatic rings. The van der Waals surface area contributed by atoms with Crippen molar-refractivity contribution < 1.29 is 0 Å². The van der Waals surface area contributed by atoms with E-state index in [-0.39, 0.29) is 30.0 Å². The normalized spacial score (nSPS) is 16.6. The number of nitrogens with one attached hydrogen (secondary N) is 2. The first-order valence-corrected chi connectivity index (χ1v) is 9.77. The van der Waals surface area contributed by atoms with Gasteiger partial charge in [-0.1, -0.05) is 35.9 Å². The van der Waals surface area contributed by atoms with Gasteiger partial charge in [-0.15, -0.1) is 24.0 Å². The zero-order valence-corrected chi connectivity index (χ0v) is 19.3. The van der Waals surface area contributed by atoms with E-state index in [2.05, 4.69) is 42.6 Å². The Morgan fingerprint density at radius 1 is 1.17 bits per heavy atom. The summed E-state index contributed by atoms with van der Waals surface area (Å²) in [6.07, 6.45) is 4.63. The van der Waals surface area contributed by atoms with Crippen LogP contribution in [0.1, 0.15) is 12.1 Å². The largest absolute Gasteiger partial charge is 0.353 e. The number of guanidine groups is 1. The number of hydrogen-bond acceptors (Lipinski definition) is 4. The Labute approximate surface area is 192 Å². The Morgan fingerprint density at radius 2 is 2.03 bits per heavy atom.